The molecule has 0 amide bonds. The highest BCUT2D eigenvalue weighted by molar-refractivity contribution is 6.30. The SMILES string of the molecule is Cc1cc(Cl)cc(C)c1Nc1cc(-c2ccncc2)nc(N[C@@H](CO)C(C)C)n1. The minimum absolute atomic E-state index is 0.00132. The largest absolute Gasteiger partial charge is 0.394 e. The molecule has 0 unspecified atom stereocenters. The standard InChI is InChI=1S/C22H26ClN5O/c1-13(2)19(12-29)26-22-25-18(16-5-7-24-8-6-16)11-20(28-22)27-21-14(3)9-17(23)10-15(21)4/h5-11,13,19,29H,12H2,1-4H3,(H2,25,26,27,28)/t19-/m0/s1. The Kier molecular flexibility index (Phi) is 6.67. The summed E-state index contributed by atoms with van der Waals surface area (Å²) in [5, 5.41) is 17.1. The molecule has 7 heteroatoms. The lowest BCUT2D eigenvalue weighted by Crippen LogP contribution is -2.30. The number of hydrogen-bond acceptors (Lipinski definition) is 6. The number of nitrogens with zero attached hydrogens (tertiary/aromatic N) is 3. The van der Waals surface area contributed by atoms with Crippen LogP contribution in [0.15, 0.2) is 42.7 Å². The first-order valence-corrected chi connectivity index (χ1v) is 9.96. The van der Waals surface area contributed by atoms with Crippen molar-refractivity contribution in [1.29, 1.82) is 0 Å². The molecule has 0 radical (unpaired) electrons. The van der Waals surface area contributed by atoms with E-state index in [4.69, 9.17) is 11.6 Å². The second kappa shape index (κ2) is 9.20. The van der Waals surface area contributed by atoms with Crippen molar-refractivity contribution in [3.05, 3.63) is 58.9 Å². The second-order valence-electron chi connectivity index (χ2n) is 7.41. The fourth-order valence-corrected chi connectivity index (χ4v) is 3.40. The molecule has 0 aliphatic heterocycles. The lowest BCUT2D eigenvalue weighted by atomic mass is 10.1. The highest BCUT2D eigenvalue weighted by atomic mass is 35.5. The van der Waals surface area contributed by atoms with Crippen molar-refractivity contribution >= 4 is 29.1 Å². The molecule has 0 aliphatic rings. The molecule has 6 nitrogen and oxygen atoms in total. The minimum Gasteiger partial charge on any atom is -0.394 e. The molecule has 0 saturated carbocycles. The van der Waals surface area contributed by atoms with Gasteiger partial charge in [-0.1, -0.05) is 25.4 Å². The molecule has 3 aromatic rings. The summed E-state index contributed by atoms with van der Waals surface area (Å²) in [6.07, 6.45) is 3.46. The van der Waals surface area contributed by atoms with Crippen LogP contribution in [0.3, 0.4) is 0 Å². The Balaban J connectivity index is 2.03. The van der Waals surface area contributed by atoms with Gasteiger partial charge in [0.1, 0.15) is 5.82 Å². The van der Waals surface area contributed by atoms with Crippen LogP contribution in [-0.2, 0) is 0 Å². The van der Waals surface area contributed by atoms with Crippen molar-refractivity contribution < 1.29 is 5.11 Å². The highest BCUT2D eigenvalue weighted by Crippen LogP contribution is 2.29. The number of halogens is 1. The van der Waals surface area contributed by atoms with Gasteiger partial charge in [0.2, 0.25) is 5.95 Å². The van der Waals surface area contributed by atoms with E-state index in [9.17, 15) is 5.11 Å². The molecule has 2 aromatic heterocycles. The molecule has 0 aliphatic carbocycles. The van der Waals surface area contributed by atoms with Crippen LogP contribution in [0.4, 0.5) is 17.5 Å². The van der Waals surface area contributed by atoms with E-state index in [0.29, 0.717) is 16.8 Å². The van der Waals surface area contributed by atoms with Crippen molar-refractivity contribution in [2.24, 2.45) is 5.92 Å². The Morgan fingerprint density at radius 1 is 1.03 bits per heavy atom. The van der Waals surface area contributed by atoms with Crippen molar-refractivity contribution in [3.8, 4) is 11.3 Å². The summed E-state index contributed by atoms with van der Waals surface area (Å²) in [7, 11) is 0. The van der Waals surface area contributed by atoms with Gasteiger partial charge in [0, 0.05) is 34.7 Å². The van der Waals surface area contributed by atoms with E-state index in [0.717, 1.165) is 28.1 Å². The maximum Gasteiger partial charge on any atom is 0.225 e. The van der Waals surface area contributed by atoms with Gasteiger partial charge >= 0.3 is 0 Å². The first-order valence-electron chi connectivity index (χ1n) is 9.58. The van der Waals surface area contributed by atoms with Crippen molar-refractivity contribution in [2.45, 2.75) is 33.7 Å². The third-order valence-corrected chi connectivity index (χ3v) is 4.99. The van der Waals surface area contributed by atoms with E-state index in [1.807, 2.05) is 58.0 Å². The number of rotatable bonds is 7. The van der Waals surface area contributed by atoms with Gasteiger partial charge in [0.15, 0.2) is 0 Å². The smallest absolute Gasteiger partial charge is 0.225 e. The molecule has 0 spiro atoms. The number of aryl methyl sites for hydroxylation is 2. The second-order valence-corrected chi connectivity index (χ2v) is 7.85. The first kappa shape index (κ1) is 21.0. The Hall–Kier alpha value is -2.70. The molecule has 0 fully saturated rings. The zero-order valence-corrected chi connectivity index (χ0v) is 17.8. The van der Waals surface area contributed by atoms with Crippen LogP contribution < -0.4 is 10.6 Å². The molecule has 29 heavy (non-hydrogen) atoms. The first-order chi connectivity index (χ1) is 13.9. The molecule has 1 atom stereocenters. The number of aliphatic hydroxyl groups excluding tert-OH is 1. The maximum atomic E-state index is 9.69. The summed E-state index contributed by atoms with van der Waals surface area (Å²) in [5.74, 6) is 1.34. The highest BCUT2D eigenvalue weighted by Gasteiger charge is 2.16. The van der Waals surface area contributed by atoms with Crippen molar-refractivity contribution in [2.75, 3.05) is 17.2 Å². The predicted molar refractivity (Wildman–Crippen MR) is 119 cm³/mol. The minimum atomic E-state index is -0.144. The topological polar surface area (TPSA) is 83.0 Å². The van der Waals surface area contributed by atoms with Crippen LogP contribution in [0.1, 0.15) is 25.0 Å². The molecular formula is C22H26ClN5O. The molecule has 0 saturated heterocycles. The normalized spacial score (nSPS) is 12.1. The third kappa shape index (κ3) is 5.22. The van der Waals surface area contributed by atoms with Crippen molar-refractivity contribution in [1.82, 2.24) is 15.0 Å². The summed E-state index contributed by atoms with van der Waals surface area (Å²) >= 11 is 6.17. The number of hydrogen-bond donors (Lipinski definition) is 3. The summed E-state index contributed by atoms with van der Waals surface area (Å²) in [5.41, 5.74) is 4.72. The Morgan fingerprint density at radius 2 is 1.69 bits per heavy atom. The van der Waals surface area contributed by atoms with E-state index in [1.54, 1.807) is 12.4 Å². The van der Waals surface area contributed by atoms with Gasteiger partial charge in [-0.3, -0.25) is 4.98 Å². The monoisotopic (exact) mass is 411 g/mol. The maximum absolute atomic E-state index is 9.69. The van der Waals surface area contributed by atoms with Gasteiger partial charge in [-0.2, -0.15) is 4.98 Å². The molecule has 0 bridgehead atoms. The Labute approximate surface area is 176 Å². The van der Waals surface area contributed by atoms with Gasteiger partial charge in [0.25, 0.3) is 0 Å². The van der Waals surface area contributed by atoms with Crippen LogP contribution >= 0.6 is 11.6 Å². The molecule has 2 heterocycles. The average molecular weight is 412 g/mol. The van der Waals surface area contributed by atoms with Gasteiger partial charge in [-0.25, -0.2) is 4.98 Å². The molecule has 3 rings (SSSR count). The van der Waals surface area contributed by atoms with Gasteiger partial charge in [-0.15, -0.1) is 0 Å². The van der Waals surface area contributed by atoms with Gasteiger partial charge in [-0.05, 0) is 55.2 Å². The van der Waals surface area contributed by atoms with E-state index in [-0.39, 0.29) is 18.6 Å². The van der Waals surface area contributed by atoms with Crippen molar-refractivity contribution in [3.63, 3.8) is 0 Å². The molecule has 152 valence electrons. The van der Waals surface area contributed by atoms with Crippen LogP contribution in [0.25, 0.3) is 11.3 Å². The Morgan fingerprint density at radius 3 is 2.28 bits per heavy atom. The predicted octanol–water partition coefficient (Wildman–Crippen LogP) is 4.98. The number of aliphatic hydroxyl groups is 1. The van der Waals surface area contributed by atoms with E-state index in [2.05, 4.69) is 25.6 Å². The zero-order chi connectivity index (χ0) is 21.0. The van der Waals surface area contributed by atoms with Crippen LogP contribution in [-0.4, -0.2) is 32.7 Å². The van der Waals surface area contributed by atoms with Crippen LogP contribution in [0.2, 0.25) is 5.02 Å². The van der Waals surface area contributed by atoms with E-state index >= 15 is 0 Å². The van der Waals surface area contributed by atoms with Gasteiger partial charge < -0.3 is 15.7 Å². The molecule has 1 aromatic carbocycles. The summed E-state index contributed by atoms with van der Waals surface area (Å²) in [6, 6.07) is 9.40. The van der Waals surface area contributed by atoms with E-state index in [1.165, 1.54) is 0 Å². The third-order valence-electron chi connectivity index (χ3n) is 4.77. The summed E-state index contributed by atoms with van der Waals surface area (Å²) in [6.45, 7) is 8.09. The summed E-state index contributed by atoms with van der Waals surface area (Å²) < 4.78 is 0. The fourth-order valence-electron chi connectivity index (χ4n) is 3.07. The quantitative estimate of drug-likeness (QED) is 0.508. The number of nitrogens with one attached hydrogen (secondary N) is 2. The number of pyridine rings is 1. The lowest BCUT2D eigenvalue weighted by Gasteiger charge is -2.21. The average Bonchev–Trinajstić information content (AvgIpc) is 2.69. The molecule has 3 N–H and O–H groups in total. The summed E-state index contributed by atoms with van der Waals surface area (Å²) in [4.78, 5) is 13.4. The fraction of sp³-hybridized carbons (Fsp3) is 0.318. The number of benzene rings is 1. The zero-order valence-electron chi connectivity index (χ0n) is 17.1. The molecular weight excluding hydrogens is 386 g/mol. The Bertz CT molecular complexity index is 955. The van der Waals surface area contributed by atoms with Crippen LogP contribution in [0, 0.1) is 19.8 Å². The lowest BCUT2D eigenvalue weighted by molar-refractivity contribution is 0.248. The number of aromatic nitrogens is 3. The number of anilines is 3. The van der Waals surface area contributed by atoms with E-state index < -0.39 is 0 Å². The van der Waals surface area contributed by atoms with Crippen LogP contribution in [0.5, 0.6) is 0 Å². The van der Waals surface area contributed by atoms with Gasteiger partial charge in [0.05, 0.1) is 18.3 Å².